The van der Waals surface area contributed by atoms with Gasteiger partial charge < -0.3 is 20.9 Å². The van der Waals surface area contributed by atoms with Crippen molar-refractivity contribution in [2.75, 3.05) is 5.73 Å². The van der Waals surface area contributed by atoms with Gasteiger partial charge in [-0.1, -0.05) is 13.8 Å². The lowest BCUT2D eigenvalue weighted by molar-refractivity contribution is 0.0697. The molecular weight excluding hydrogens is 220 g/mol. The Bertz CT molecular complexity index is 599. The summed E-state index contributed by atoms with van der Waals surface area (Å²) in [5.41, 5.74) is 7.22. The summed E-state index contributed by atoms with van der Waals surface area (Å²) in [6.07, 6.45) is 0. The van der Waals surface area contributed by atoms with Crippen LogP contribution in [0, 0.1) is 0 Å². The van der Waals surface area contributed by atoms with Gasteiger partial charge in [0.15, 0.2) is 0 Å². The molecule has 1 aromatic carbocycles. The van der Waals surface area contributed by atoms with Gasteiger partial charge in [-0.25, -0.2) is 4.79 Å². The molecule has 0 aliphatic carbocycles. The number of carboxylic acids is 1. The van der Waals surface area contributed by atoms with Gasteiger partial charge in [0, 0.05) is 16.6 Å². The summed E-state index contributed by atoms with van der Waals surface area (Å²) in [7, 11) is 0. The summed E-state index contributed by atoms with van der Waals surface area (Å²) in [4.78, 5) is 14.3. The van der Waals surface area contributed by atoms with Crippen molar-refractivity contribution in [3.63, 3.8) is 0 Å². The van der Waals surface area contributed by atoms with Crippen LogP contribution in [0.5, 0.6) is 5.75 Å². The van der Waals surface area contributed by atoms with E-state index in [1.54, 1.807) is 6.07 Å². The van der Waals surface area contributed by atoms with E-state index in [0.29, 0.717) is 16.6 Å². The highest BCUT2D eigenvalue weighted by Crippen LogP contribution is 2.35. The molecule has 90 valence electrons. The van der Waals surface area contributed by atoms with E-state index in [1.807, 2.05) is 13.8 Å². The molecule has 2 rings (SSSR count). The summed E-state index contributed by atoms with van der Waals surface area (Å²) in [5, 5.41) is 19.2. The monoisotopic (exact) mass is 234 g/mol. The molecule has 0 atom stereocenters. The van der Waals surface area contributed by atoms with Crippen molar-refractivity contribution in [2.24, 2.45) is 0 Å². The van der Waals surface area contributed by atoms with E-state index in [9.17, 15) is 15.0 Å². The van der Waals surface area contributed by atoms with Gasteiger partial charge in [0.1, 0.15) is 5.75 Å². The van der Waals surface area contributed by atoms with Crippen LogP contribution in [-0.2, 0) is 0 Å². The second-order valence-electron chi connectivity index (χ2n) is 4.29. The molecule has 5 heteroatoms. The topological polar surface area (TPSA) is 99.3 Å². The number of hydrogen-bond acceptors (Lipinski definition) is 3. The summed E-state index contributed by atoms with van der Waals surface area (Å²) in [6, 6.07) is 3.07. The minimum Gasteiger partial charge on any atom is -0.506 e. The van der Waals surface area contributed by atoms with Gasteiger partial charge >= 0.3 is 5.97 Å². The van der Waals surface area contributed by atoms with Crippen LogP contribution in [0.15, 0.2) is 12.1 Å². The number of carbonyl (C=O) groups is 1. The largest absolute Gasteiger partial charge is 0.506 e. The van der Waals surface area contributed by atoms with Crippen molar-refractivity contribution < 1.29 is 15.0 Å². The van der Waals surface area contributed by atoms with Crippen LogP contribution < -0.4 is 5.73 Å². The third kappa shape index (κ3) is 1.60. The van der Waals surface area contributed by atoms with E-state index in [-0.39, 0.29) is 22.9 Å². The number of aromatic hydroxyl groups is 1. The molecule has 0 spiro atoms. The van der Waals surface area contributed by atoms with Crippen LogP contribution >= 0.6 is 0 Å². The van der Waals surface area contributed by atoms with E-state index in [0.717, 1.165) is 0 Å². The fourth-order valence-corrected chi connectivity index (χ4v) is 1.98. The minimum absolute atomic E-state index is 0.0371. The number of carboxylic acid groups (broad SMARTS) is 1. The van der Waals surface area contributed by atoms with Crippen LogP contribution in [0.25, 0.3) is 10.9 Å². The van der Waals surface area contributed by atoms with Gasteiger partial charge in [-0.05, 0) is 18.1 Å². The number of benzene rings is 1. The van der Waals surface area contributed by atoms with E-state index < -0.39 is 5.97 Å². The third-order valence-electron chi connectivity index (χ3n) is 2.80. The molecule has 0 bridgehead atoms. The molecule has 17 heavy (non-hydrogen) atoms. The molecule has 5 nitrogen and oxygen atoms in total. The predicted octanol–water partition coefficient (Wildman–Crippen LogP) is 2.28. The third-order valence-corrected chi connectivity index (χ3v) is 2.80. The van der Waals surface area contributed by atoms with Crippen LogP contribution in [0.2, 0.25) is 0 Å². The lowest BCUT2D eigenvalue weighted by atomic mass is 10.0. The Morgan fingerprint density at radius 2 is 2.06 bits per heavy atom. The number of anilines is 1. The maximum absolute atomic E-state index is 11.3. The predicted molar refractivity (Wildman–Crippen MR) is 65.4 cm³/mol. The maximum atomic E-state index is 11.3. The first-order chi connectivity index (χ1) is 7.93. The van der Waals surface area contributed by atoms with Gasteiger partial charge in [-0.2, -0.15) is 0 Å². The van der Waals surface area contributed by atoms with E-state index in [1.165, 1.54) is 6.07 Å². The van der Waals surface area contributed by atoms with Crippen LogP contribution in [0.3, 0.4) is 0 Å². The van der Waals surface area contributed by atoms with Crippen molar-refractivity contribution in [3.8, 4) is 5.75 Å². The zero-order valence-corrected chi connectivity index (χ0v) is 9.61. The quantitative estimate of drug-likeness (QED) is 0.473. The summed E-state index contributed by atoms with van der Waals surface area (Å²) < 4.78 is 0. The highest BCUT2D eigenvalue weighted by Gasteiger charge is 2.22. The maximum Gasteiger partial charge on any atom is 0.338 e. The number of phenolic OH excluding ortho intramolecular Hbond substituents is 1. The summed E-state index contributed by atoms with van der Waals surface area (Å²) >= 11 is 0. The molecule has 0 unspecified atom stereocenters. The zero-order valence-electron chi connectivity index (χ0n) is 9.61. The molecule has 5 N–H and O–H groups in total. The molecular formula is C12H14N2O3. The van der Waals surface area contributed by atoms with E-state index in [2.05, 4.69) is 4.98 Å². The average Bonchev–Trinajstić information content (AvgIpc) is 2.63. The minimum atomic E-state index is -1.04. The van der Waals surface area contributed by atoms with Crippen LogP contribution in [-0.4, -0.2) is 21.2 Å². The van der Waals surface area contributed by atoms with Gasteiger partial charge in [0.05, 0.1) is 11.3 Å². The number of phenols is 1. The number of aromatic amines is 1. The Kier molecular flexibility index (Phi) is 2.46. The highest BCUT2D eigenvalue weighted by molar-refractivity contribution is 6.10. The molecule has 0 aliphatic heterocycles. The molecule has 0 radical (unpaired) electrons. The average molecular weight is 234 g/mol. The Hall–Kier alpha value is -2.17. The van der Waals surface area contributed by atoms with Crippen molar-refractivity contribution in [2.45, 2.75) is 19.8 Å². The van der Waals surface area contributed by atoms with E-state index in [4.69, 9.17) is 5.73 Å². The number of nitrogens with one attached hydrogen (secondary N) is 1. The Balaban J connectivity index is 2.92. The second kappa shape index (κ2) is 3.69. The number of rotatable bonds is 2. The number of H-pyrrole nitrogens is 1. The molecule has 0 amide bonds. The molecule has 0 aliphatic rings. The normalized spacial score (nSPS) is 11.2. The molecule has 2 aromatic rings. The number of nitrogen functional groups attached to an aromatic ring is 1. The number of aromatic carboxylic acids is 1. The van der Waals surface area contributed by atoms with Crippen molar-refractivity contribution >= 4 is 22.6 Å². The van der Waals surface area contributed by atoms with Crippen molar-refractivity contribution in [3.05, 3.63) is 23.4 Å². The molecule has 1 heterocycles. The first kappa shape index (κ1) is 11.3. The van der Waals surface area contributed by atoms with Gasteiger partial charge in [-0.15, -0.1) is 0 Å². The molecule has 0 fully saturated rings. The van der Waals surface area contributed by atoms with Crippen LogP contribution in [0.4, 0.5) is 5.69 Å². The smallest absolute Gasteiger partial charge is 0.338 e. The Labute approximate surface area is 97.9 Å². The van der Waals surface area contributed by atoms with Gasteiger partial charge in [0.25, 0.3) is 0 Å². The molecule has 1 aromatic heterocycles. The Morgan fingerprint density at radius 3 is 2.59 bits per heavy atom. The first-order valence-electron chi connectivity index (χ1n) is 5.29. The van der Waals surface area contributed by atoms with Crippen molar-refractivity contribution in [1.29, 1.82) is 0 Å². The SMILES string of the molecule is CC(C)c1[nH]c2ccc(O)c(N)c2c1C(=O)O. The first-order valence-corrected chi connectivity index (χ1v) is 5.29. The fourth-order valence-electron chi connectivity index (χ4n) is 1.98. The number of hydrogen-bond donors (Lipinski definition) is 4. The second-order valence-corrected chi connectivity index (χ2v) is 4.29. The fraction of sp³-hybridized carbons (Fsp3) is 0.250. The van der Waals surface area contributed by atoms with Crippen molar-refractivity contribution in [1.82, 2.24) is 4.98 Å². The van der Waals surface area contributed by atoms with Gasteiger partial charge in [0.2, 0.25) is 0 Å². The standard InChI is InChI=1S/C12H14N2O3/c1-5(2)11-9(12(16)17)8-6(14-11)3-4-7(15)10(8)13/h3-5,14-15H,13H2,1-2H3,(H,16,17). The number of aromatic nitrogens is 1. The molecule has 0 saturated carbocycles. The molecule has 0 saturated heterocycles. The lowest BCUT2D eigenvalue weighted by Crippen LogP contribution is -2.03. The Morgan fingerprint density at radius 1 is 1.41 bits per heavy atom. The summed E-state index contributed by atoms with van der Waals surface area (Å²) in [6.45, 7) is 3.79. The van der Waals surface area contributed by atoms with E-state index >= 15 is 0 Å². The highest BCUT2D eigenvalue weighted by atomic mass is 16.4. The lowest BCUT2D eigenvalue weighted by Gasteiger charge is -2.04. The van der Waals surface area contributed by atoms with Crippen LogP contribution in [0.1, 0.15) is 35.8 Å². The number of fused-ring (bicyclic) bond motifs is 1. The zero-order chi connectivity index (χ0) is 12.7. The number of nitrogens with two attached hydrogens (primary N) is 1. The summed E-state index contributed by atoms with van der Waals surface area (Å²) in [5.74, 6) is -1.11. The van der Waals surface area contributed by atoms with Gasteiger partial charge in [-0.3, -0.25) is 0 Å².